The third-order valence-corrected chi connectivity index (χ3v) is 4.24. The van der Waals surface area contributed by atoms with Gasteiger partial charge in [0.1, 0.15) is 5.01 Å². The summed E-state index contributed by atoms with van der Waals surface area (Å²) >= 11 is 1.34. The van der Waals surface area contributed by atoms with Gasteiger partial charge >= 0.3 is 5.97 Å². The molecule has 0 radical (unpaired) electrons. The van der Waals surface area contributed by atoms with Crippen molar-refractivity contribution in [1.82, 2.24) is 14.6 Å². The van der Waals surface area contributed by atoms with Gasteiger partial charge in [-0.2, -0.15) is 9.61 Å². The van der Waals surface area contributed by atoms with Crippen molar-refractivity contribution in [1.29, 1.82) is 0 Å². The first-order chi connectivity index (χ1) is 10.6. The predicted molar refractivity (Wildman–Crippen MR) is 83.0 cm³/mol. The molecule has 0 spiro atoms. The summed E-state index contributed by atoms with van der Waals surface area (Å²) < 4.78 is 5.87. The highest BCUT2D eigenvalue weighted by Gasteiger charge is 2.17. The van der Waals surface area contributed by atoms with E-state index in [0.29, 0.717) is 21.2 Å². The number of aryl methyl sites for hydroxylation is 1. The van der Waals surface area contributed by atoms with Crippen molar-refractivity contribution >= 4 is 22.3 Å². The van der Waals surface area contributed by atoms with Crippen LogP contribution >= 0.6 is 11.3 Å². The third-order valence-electron chi connectivity index (χ3n) is 3.28. The quantitative estimate of drug-likeness (QED) is 0.690. The highest BCUT2D eigenvalue weighted by molar-refractivity contribution is 7.19. The summed E-state index contributed by atoms with van der Waals surface area (Å²) in [5.41, 5.74) is 1.43. The van der Waals surface area contributed by atoms with Gasteiger partial charge in [-0.3, -0.25) is 9.59 Å². The van der Waals surface area contributed by atoms with Crippen molar-refractivity contribution < 1.29 is 9.53 Å². The minimum atomic E-state index is -0.472. The second-order valence-corrected chi connectivity index (χ2v) is 5.66. The minimum absolute atomic E-state index is 0.102. The Bertz CT molecular complexity index is 900. The van der Waals surface area contributed by atoms with E-state index in [1.165, 1.54) is 23.0 Å². The number of hydrogen-bond donors (Lipinski definition) is 0. The zero-order chi connectivity index (χ0) is 15.7. The zero-order valence-corrected chi connectivity index (χ0v) is 12.9. The predicted octanol–water partition coefficient (Wildman–Crippen LogP) is 1.84. The summed E-state index contributed by atoms with van der Waals surface area (Å²) in [4.78, 5) is 28.8. The molecule has 3 aromatic rings. The van der Waals surface area contributed by atoms with Gasteiger partial charge in [0.05, 0.1) is 19.1 Å². The Morgan fingerprint density at radius 1 is 1.32 bits per heavy atom. The minimum Gasteiger partial charge on any atom is -0.469 e. The smallest absolute Gasteiger partial charge is 0.310 e. The molecular weight excluding hydrogens is 302 g/mol. The van der Waals surface area contributed by atoms with Gasteiger partial charge in [0, 0.05) is 11.3 Å². The Kier molecular flexibility index (Phi) is 3.72. The zero-order valence-electron chi connectivity index (χ0n) is 12.1. The van der Waals surface area contributed by atoms with Crippen molar-refractivity contribution in [2.24, 2.45) is 0 Å². The monoisotopic (exact) mass is 315 g/mol. The van der Waals surface area contributed by atoms with Gasteiger partial charge in [-0.15, -0.1) is 0 Å². The van der Waals surface area contributed by atoms with E-state index in [1.54, 1.807) is 6.92 Å². The van der Waals surface area contributed by atoms with Crippen molar-refractivity contribution in [2.45, 2.75) is 13.3 Å². The Labute approximate surface area is 130 Å². The summed E-state index contributed by atoms with van der Waals surface area (Å²) in [5.74, 6) is -0.472. The first-order valence-corrected chi connectivity index (χ1v) is 7.43. The molecule has 2 heterocycles. The molecule has 112 valence electrons. The van der Waals surface area contributed by atoms with Crippen molar-refractivity contribution in [3.8, 4) is 10.6 Å². The van der Waals surface area contributed by atoms with Crippen LogP contribution in [0.5, 0.6) is 0 Å². The van der Waals surface area contributed by atoms with Crippen LogP contribution in [-0.2, 0) is 16.0 Å². The maximum atomic E-state index is 12.5. The molecule has 2 aromatic heterocycles. The Morgan fingerprint density at radius 2 is 2.05 bits per heavy atom. The molecule has 6 nitrogen and oxygen atoms in total. The fourth-order valence-corrected chi connectivity index (χ4v) is 3.04. The molecule has 0 amide bonds. The number of nitrogens with zero attached hydrogens (tertiary/aromatic N) is 3. The SMILES string of the molecule is COC(=O)Cc1c(C)nc2sc(-c3ccccc3)nn2c1=O. The molecule has 0 atom stereocenters. The van der Waals surface area contributed by atoms with E-state index < -0.39 is 5.97 Å². The molecule has 0 aliphatic carbocycles. The van der Waals surface area contributed by atoms with Gasteiger partial charge in [-0.1, -0.05) is 41.7 Å². The van der Waals surface area contributed by atoms with E-state index in [-0.39, 0.29) is 12.0 Å². The molecule has 0 aliphatic rings. The lowest BCUT2D eigenvalue weighted by atomic mass is 10.2. The molecule has 7 heteroatoms. The summed E-state index contributed by atoms with van der Waals surface area (Å²) in [6.45, 7) is 1.71. The Morgan fingerprint density at radius 3 is 2.73 bits per heavy atom. The number of fused-ring (bicyclic) bond motifs is 1. The van der Waals surface area contributed by atoms with E-state index in [1.807, 2.05) is 30.3 Å². The fraction of sp³-hybridized carbons (Fsp3) is 0.200. The number of carbonyl (C=O) groups excluding carboxylic acids is 1. The summed E-state index contributed by atoms with van der Waals surface area (Å²) in [5, 5.41) is 5.03. The Balaban J connectivity index is 2.15. The molecule has 0 unspecified atom stereocenters. The summed E-state index contributed by atoms with van der Waals surface area (Å²) in [6.07, 6.45) is -0.102. The van der Waals surface area contributed by atoms with Gasteiger partial charge in [0.15, 0.2) is 0 Å². The lowest BCUT2D eigenvalue weighted by Gasteiger charge is -2.02. The molecular formula is C15H13N3O3S. The molecule has 0 N–H and O–H groups in total. The number of carbonyl (C=O) groups is 1. The molecule has 0 bridgehead atoms. The van der Waals surface area contributed by atoms with Crippen molar-refractivity contribution in [2.75, 3.05) is 7.11 Å². The summed E-state index contributed by atoms with van der Waals surface area (Å²) in [6, 6.07) is 9.58. The molecule has 3 rings (SSSR count). The van der Waals surface area contributed by atoms with E-state index in [4.69, 9.17) is 0 Å². The molecule has 22 heavy (non-hydrogen) atoms. The van der Waals surface area contributed by atoms with Crippen molar-refractivity contribution in [3.05, 3.63) is 51.9 Å². The lowest BCUT2D eigenvalue weighted by Crippen LogP contribution is -2.24. The maximum absolute atomic E-state index is 12.5. The van der Waals surface area contributed by atoms with Crippen LogP contribution in [0.4, 0.5) is 0 Å². The van der Waals surface area contributed by atoms with Crippen LogP contribution in [0.3, 0.4) is 0 Å². The number of ether oxygens (including phenoxy) is 1. The van der Waals surface area contributed by atoms with E-state index in [9.17, 15) is 9.59 Å². The van der Waals surface area contributed by atoms with Gasteiger partial charge in [-0.05, 0) is 6.92 Å². The number of rotatable bonds is 3. The van der Waals surface area contributed by atoms with E-state index >= 15 is 0 Å². The molecule has 0 saturated heterocycles. The Hall–Kier alpha value is -2.54. The maximum Gasteiger partial charge on any atom is 0.310 e. The first-order valence-electron chi connectivity index (χ1n) is 6.61. The van der Waals surface area contributed by atoms with Crippen LogP contribution in [0.25, 0.3) is 15.5 Å². The topological polar surface area (TPSA) is 73.6 Å². The van der Waals surface area contributed by atoms with Crippen LogP contribution < -0.4 is 5.56 Å². The van der Waals surface area contributed by atoms with Crippen molar-refractivity contribution in [3.63, 3.8) is 0 Å². The number of benzene rings is 1. The standard InChI is InChI=1S/C15H13N3O3S/c1-9-11(8-12(19)21-2)14(20)18-15(16-9)22-13(17-18)10-6-4-3-5-7-10/h3-7H,8H2,1-2H3. The van der Waals surface area contributed by atoms with Crippen LogP contribution in [0.1, 0.15) is 11.3 Å². The second kappa shape index (κ2) is 5.69. The number of esters is 1. The average molecular weight is 315 g/mol. The van der Waals surface area contributed by atoms with Crippen LogP contribution in [0.2, 0.25) is 0 Å². The first kappa shape index (κ1) is 14.4. The van der Waals surface area contributed by atoms with Crippen LogP contribution in [-0.4, -0.2) is 27.7 Å². The highest BCUT2D eigenvalue weighted by atomic mass is 32.1. The fourth-order valence-electron chi connectivity index (χ4n) is 2.10. The van der Waals surface area contributed by atoms with Crippen LogP contribution in [0, 0.1) is 6.92 Å². The van der Waals surface area contributed by atoms with Gasteiger partial charge in [-0.25, -0.2) is 4.98 Å². The van der Waals surface area contributed by atoms with Gasteiger partial charge in [0.25, 0.3) is 5.56 Å². The number of aromatic nitrogens is 3. The number of hydrogen-bond acceptors (Lipinski definition) is 6. The van der Waals surface area contributed by atoms with Crippen LogP contribution in [0.15, 0.2) is 35.1 Å². The second-order valence-electron chi connectivity index (χ2n) is 4.70. The normalized spacial score (nSPS) is 10.8. The molecule has 0 fully saturated rings. The molecule has 0 aliphatic heterocycles. The van der Waals surface area contributed by atoms with E-state index in [0.717, 1.165) is 5.56 Å². The lowest BCUT2D eigenvalue weighted by molar-refractivity contribution is -0.139. The van der Waals surface area contributed by atoms with E-state index in [2.05, 4.69) is 14.8 Å². The molecule has 0 saturated carbocycles. The third kappa shape index (κ3) is 2.50. The highest BCUT2D eigenvalue weighted by Crippen LogP contribution is 2.24. The molecule has 1 aromatic carbocycles. The summed E-state index contributed by atoms with van der Waals surface area (Å²) in [7, 11) is 1.29. The average Bonchev–Trinajstić information content (AvgIpc) is 2.96. The van der Waals surface area contributed by atoms with Gasteiger partial charge < -0.3 is 4.74 Å². The largest absolute Gasteiger partial charge is 0.469 e. The number of methoxy groups -OCH3 is 1. The van der Waals surface area contributed by atoms with Gasteiger partial charge in [0.2, 0.25) is 4.96 Å².